The lowest BCUT2D eigenvalue weighted by Crippen LogP contribution is -2.41. The number of carbonyl (C=O) groups is 1. The first-order valence-corrected chi connectivity index (χ1v) is 10.2. The van der Waals surface area contributed by atoms with Crippen molar-refractivity contribution >= 4 is 21.6 Å². The summed E-state index contributed by atoms with van der Waals surface area (Å²) in [7, 11) is -3.31. The van der Waals surface area contributed by atoms with E-state index in [4.69, 9.17) is 0 Å². The van der Waals surface area contributed by atoms with E-state index in [2.05, 4.69) is 28.5 Å². The second kappa shape index (κ2) is 6.92. The van der Waals surface area contributed by atoms with Crippen LogP contribution in [0.3, 0.4) is 0 Å². The SMILES string of the molecule is CC[C@H]1c2cccn2CCN1C(=O)c1ccc(NS(=O)(=O)CC)cc1. The van der Waals surface area contributed by atoms with Crippen LogP contribution in [0.5, 0.6) is 0 Å². The molecule has 1 aromatic carbocycles. The fourth-order valence-corrected chi connectivity index (χ4v) is 3.87. The quantitative estimate of drug-likeness (QED) is 0.890. The number of hydrogen-bond acceptors (Lipinski definition) is 3. The van der Waals surface area contributed by atoms with Gasteiger partial charge in [-0.1, -0.05) is 6.92 Å². The smallest absolute Gasteiger partial charge is 0.254 e. The highest BCUT2D eigenvalue weighted by Gasteiger charge is 2.30. The molecule has 1 amide bonds. The van der Waals surface area contributed by atoms with Gasteiger partial charge in [-0.25, -0.2) is 8.42 Å². The van der Waals surface area contributed by atoms with Crippen LogP contribution in [0.15, 0.2) is 42.6 Å². The van der Waals surface area contributed by atoms with Gasteiger partial charge in [-0.15, -0.1) is 0 Å². The maximum absolute atomic E-state index is 12.9. The largest absolute Gasteiger partial charge is 0.348 e. The minimum Gasteiger partial charge on any atom is -0.348 e. The molecule has 0 unspecified atom stereocenters. The molecule has 7 heteroatoms. The Morgan fingerprint density at radius 3 is 2.52 bits per heavy atom. The summed E-state index contributed by atoms with van der Waals surface area (Å²) >= 11 is 0. The Balaban J connectivity index is 1.79. The zero-order valence-electron chi connectivity index (χ0n) is 14.5. The maximum atomic E-state index is 12.9. The van der Waals surface area contributed by atoms with Crippen molar-refractivity contribution < 1.29 is 13.2 Å². The predicted molar refractivity (Wildman–Crippen MR) is 98.0 cm³/mol. The number of aromatic nitrogens is 1. The third-order valence-corrected chi connectivity index (χ3v) is 5.90. The Morgan fingerprint density at radius 1 is 1.16 bits per heavy atom. The molecular weight excluding hydrogens is 338 g/mol. The molecule has 0 fully saturated rings. The Bertz CT molecular complexity index is 856. The molecule has 25 heavy (non-hydrogen) atoms. The summed E-state index contributed by atoms with van der Waals surface area (Å²) in [5.74, 6) is -0.0107. The van der Waals surface area contributed by atoms with Gasteiger partial charge in [-0.3, -0.25) is 9.52 Å². The van der Waals surface area contributed by atoms with E-state index < -0.39 is 10.0 Å². The standard InChI is InChI=1S/C18H23N3O3S/c1-3-16-17-6-5-11-20(17)12-13-21(16)18(22)14-7-9-15(10-8-14)19-25(23,24)4-2/h5-11,16,19H,3-4,12-13H2,1-2H3/t16-/m0/s1. The lowest BCUT2D eigenvalue weighted by Gasteiger charge is -2.36. The van der Waals surface area contributed by atoms with Gasteiger partial charge in [0.25, 0.3) is 5.91 Å². The van der Waals surface area contributed by atoms with Crippen molar-refractivity contribution in [3.63, 3.8) is 0 Å². The van der Waals surface area contributed by atoms with Gasteiger partial charge >= 0.3 is 0 Å². The van der Waals surface area contributed by atoms with Crippen LogP contribution in [-0.2, 0) is 16.6 Å². The topological polar surface area (TPSA) is 71.4 Å². The molecule has 0 radical (unpaired) electrons. The molecule has 1 aliphatic heterocycles. The number of nitrogens with one attached hydrogen (secondary N) is 1. The predicted octanol–water partition coefficient (Wildman–Crippen LogP) is 2.86. The fraction of sp³-hybridized carbons (Fsp3) is 0.389. The van der Waals surface area contributed by atoms with Crippen LogP contribution >= 0.6 is 0 Å². The van der Waals surface area contributed by atoms with Crippen LogP contribution in [0.2, 0.25) is 0 Å². The molecule has 6 nitrogen and oxygen atoms in total. The minimum atomic E-state index is -3.31. The van der Waals surface area contributed by atoms with Gasteiger partial charge in [0.1, 0.15) is 0 Å². The second-order valence-corrected chi connectivity index (χ2v) is 8.14. The van der Waals surface area contributed by atoms with E-state index in [-0.39, 0.29) is 17.7 Å². The lowest BCUT2D eigenvalue weighted by molar-refractivity contribution is 0.0618. The summed E-state index contributed by atoms with van der Waals surface area (Å²) in [5.41, 5.74) is 2.20. The minimum absolute atomic E-state index is 0.0132. The van der Waals surface area contributed by atoms with Crippen molar-refractivity contribution in [2.45, 2.75) is 32.9 Å². The van der Waals surface area contributed by atoms with Crippen LogP contribution in [-0.4, -0.2) is 36.1 Å². The van der Waals surface area contributed by atoms with E-state index in [1.54, 1.807) is 31.2 Å². The summed E-state index contributed by atoms with van der Waals surface area (Å²) in [6.45, 7) is 5.12. The van der Waals surface area contributed by atoms with Crippen LogP contribution in [0.25, 0.3) is 0 Å². The molecule has 2 heterocycles. The molecule has 0 saturated carbocycles. The average Bonchev–Trinajstić information content (AvgIpc) is 3.09. The monoisotopic (exact) mass is 361 g/mol. The summed E-state index contributed by atoms with van der Waals surface area (Å²) < 4.78 is 27.9. The Kier molecular flexibility index (Phi) is 4.85. The number of rotatable bonds is 5. The zero-order chi connectivity index (χ0) is 18.0. The van der Waals surface area contributed by atoms with Gasteiger partial charge in [-0.2, -0.15) is 0 Å². The van der Waals surface area contributed by atoms with Crippen molar-refractivity contribution in [1.82, 2.24) is 9.47 Å². The molecule has 1 aromatic heterocycles. The van der Waals surface area contributed by atoms with Crippen molar-refractivity contribution in [3.8, 4) is 0 Å². The summed E-state index contributed by atoms with van der Waals surface area (Å²) in [5, 5.41) is 0. The molecule has 0 spiro atoms. The molecular formula is C18H23N3O3S. The number of fused-ring (bicyclic) bond motifs is 1. The van der Waals surface area contributed by atoms with Gasteiger partial charge in [0.2, 0.25) is 10.0 Å². The highest BCUT2D eigenvalue weighted by Crippen LogP contribution is 2.30. The normalized spacial score (nSPS) is 17.2. The molecule has 1 aliphatic rings. The zero-order valence-corrected chi connectivity index (χ0v) is 15.3. The third kappa shape index (κ3) is 3.56. The summed E-state index contributed by atoms with van der Waals surface area (Å²) in [4.78, 5) is 14.8. The van der Waals surface area contributed by atoms with Crippen molar-refractivity contribution in [1.29, 1.82) is 0 Å². The fourth-order valence-electron chi connectivity index (χ4n) is 3.24. The van der Waals surface area contributed by atoms with Gasteiger partial charge in [-0.05, 0) is 49.7 Å². The number of anilines is 1. The lowest BCUT2D eigenvalue weighted by atomic mass is 10.0. The number of nitrogens with zero attached hydrogens (tertiary/aromatic N) is 2. The second-order valence-electron chi connectivity index (χ2n) is 6.13. The highest BCUT2D eigenvalue weighted by atomic mass is 32.2. The number of sulfonamides is 1. The molecule has 0 bridgehead atoms. The van der Waals surface area contributed by atoms with Gasteiger partial charge < -0.3 is 9.47 Å². The van der Waals surface area contributed by atoms with E-state index in [1.165, 1.54) is 0 Å². The van der Waals surface area contributed by atoms with E-state index in [1.807, 2.05) is 11.0 Å². The van der Waals surface area contributed by atoms with Crippen LogP contribution in [0.1, 0.15) is 42.4 Å². The molecule has 1 atom stereocenters. The molecule has 0 saturated heterocycles. The van der Waals surface area contributed by atoms with E-state index >= 15 is 0 Å². The third-order valence-electron chi connectivity index (χ3n) is 4.60. The number of amides is 1. The van der Waals surface area contributed by atoms with Crippen molar-refractivity contribution in [3.05, 3.63) is 53.9 Å². The van der Waals surface area contributed by atoms with Gasteiger partial charge in [0, 0.05) is 36.2 Å². The van der Waals surface area contributed by atoms with E-state index in [0.717, 1.165) is 18.7 Å². The number of hydrogen-bond donors (Lipinski definition) is 1. The highest BCUT2D eigenvalue weighted by molar-refractivity contribution is 7.92. The van der Waals surface area contributed by atoms with Crippen LogP contribution in [0.4, 0.5) is 5.69 Å². The first-order chi connectivity index (χ1) is 11.9. The molecule has 2 aromatic rings. The first-order valence-electron chi connectivity index (χ1n) is 8.51. The molecule has 134 valence electrons. The molecule has 3 rings (SSSR count). The average molecular weight is 361 g/mol. The Labute approximate surface area is 148 Å². The molecule has 0 aliphatic carbocycles. The Hall–Kier alpha value is -2.28. The maximum Gasteiger partial charge on any atom is 0.254 e. The summed E-state index contributed by atoms with van der Waals surface area (Å²) in [6, 6.07) is 10.8. The first kappa shape index (κ1) is 17.5. The van der Waals surface area contributed by atoms with Crippen molar-refractivity contribution in [2.75, 3.05) is 17.0 Å². The summed E-state index contributed by atoms with van der Waals surface area (Å²) in [6.07, 6.45) is 2.90. The van der Waals surface area contributed by atoms with E-state index in [9.17, 15) is 13.2 Å². The number of carbonyl (C=O) groups excluding carboxylic acids is 1. The van der Waals surface area contributed by atoms with Crippen LogP contribution < -0.4 is 4.72 Å². The van der Waals surface area contributed by atoms with Gasteiger partial charge in [0.05, 0.1) is 11.8 Å². The van der Waals surface area contributed by atoms with Gasteiger partial charge in [0.15, 0.2) is 0 Å². The Morgan fingerprint density at radius 2 is 1.88 bits per heavy atom. The molecule has 1 N–H and O–H groups in total. The van der Waals surface area contributed by atoms with Crippen LogP contribution in [0, 0.1) is 0 Å². The van der Waals surface area contributed by atoms with E-state index in [0.29, 0.717) is 17.8 Å². The number of benzene rings is 1. The van der Waals surface area contributed by atoms with Crippen molar-refractivity contribution in [2.24, 2.45) is 0 Å².